The number of rotatable bonds is 5. The molecule has 0 aliphatic heterocycles. The Kier molecular flexibility index (Phi) is 5.31. The number of halogens is 1. The van der Waals surface area contributed by atoms with Crippen molar-refractivity contribution in [2.24, 2.45) is 0 Å². The van der Waals surface area contributed by atoms with Gasteiger partial charge in [-0.3, -0.25) is 9.25 Å². The number of hydrogen-bond acceptors (Lipinski definition) is 6. The third-order valence-corrected chi connectivity index (χ3v) is 3.83. The lowest BCUT2D eigenvalue weighted by Crippen LogP contribution is -2.33. The normalized spacial score (nSPS) is 11.7. The van der Waals surface area contributed by atoms with Gasteiger partial charge in [-0.15, -0.1) is 0 Å². The number of nitrogens with zero attached hydrogens (tertiary/aromatic N) is 6. The van der Waals surface area contributed by atoms with Crippen LogP contribution in [0.2, 0.25) is 5.28 Å². The highest BCUT2D eigenvalue weighted by molar-refractivity contribution is 6.28. The zero-order valence-corrected chi connectivity index (χ0v) is 16.5. The van der Waals surface area contributed by atoms with Crippen LogP contribution in [-0.2, 0) is 11.3 Å². The molecule has 0 saturated carbocycles. The predicted molar refractivity (Wildman–Crippen MR) is 101 cm³/mol. The first-order chi connectivity index (χ1) is 12.7. The number of imidazole rings is 1. The third kappa shape index (κ3) is 4.73. The maximum absolute atomic E-state index is 11.6. The summed E-state index contributed by atoms with van der Waals surface area (Å²) in [6.45, 7) is 8.53. The van der Waals surface area contributed by atoms with Gasteiger partial charge in [0, 0.05) is 19.3 Å². The number of amides is 1. The average Bonchev–Trinajstić information content (AvgIpc) is 3.13. The van der Waals surface area contributed by atoms with Gasteiger partial charge in [0.2, 0.25) is 5.28 Å². The largest absolute Gasteiger partial charge is 0.444 e. The van der Waals surface area contributed by atoms with E-state index in [4.69, 9.17) is 16.3 Å². The van der Waals surface area contributed by atoms with Crippen LogP contribution >= 0.6 is 11.6 Å². The van der Waals surface area contributed by atoms with Crippen LogP contribution in [0.4, 0.5) is 4.79 Å². The summed E-state index contributed by atoms with van der Waals surface area (Å²) in [6.07, 6.45) is 5.54. The summed E-state index contributed by atoms with van der Waals surface area (Å²) in [6, 6.07) is 0. The second kappa shape index (κ2) is 7.51. The minimum absolute atomic E-state index is 0.171. The molecule has 10 heteroatoms. The molecule has 3 rings (SSSR count). The highest BCUT2D eigenvalue weighted by atomic mass is 35.5. The summed E-state index contributed by atoms with van der Waals surface area (Å²) in [4.78, 5) is 24.3. The summed E-state index contributed by atoms with van der Waals surface area (Å²) in [5.41, 5.74) is 1.65. The Bertz CT molecular complexity index is 958. The van der Waals surface area contributed by atoms with Crippen LogP contribution in [0.15, 0.2) is 18.6 Å². The first-order valence-electron chi connectivity index (χ1n) is 8.60. The molecule has 9 nitrogen and oxygen atoms in total. The van der Waals surface area contributed by atoms with Crippen LogP contribution in [0, 0.1) is 6.92 Å². The van der Waals surface area contributed by atoms with Crippen molar-refractivity contribution in [2.45, 2.75) is 46.3 Å². The minimum atomic E-state index is -0.501. The lowest BCUT2D eigenvalue weighted by molar-refractivity contribution is 0.0526. The van der Waals surface area contributed by atoms with E-state index < -0.39 is 11.7 Å². The molecule has 0 aromatic carbocycles. The minimum Gasteiger partial charge on any atom is -0.444 e. The smallest absolute Gasteiger partial charge is 0.407 e. The van der Waals surface area contributed by atoms with Crippen molar-refractivity contribution >= 4 is 28.9 Å². The summed E-state index contributed by atoms with van der Waals surface area (Å²) < 4.78 is 8.89. The van der Waals surface area contributed by atoms with E-state index in [-0.39, 0.29) is 5.28 Å². The summed E-state index contributed by atoms with van der Waals surface area (Å²) in [7, 11) is 0. The maximum atomic E-state index is 11.6. The zero-order valence-electron chi connectivity index (χ0n) is 15.7. The van der Waals surface area contributed by atoms with Crippen LogP contribution in [0.3, 0.4) is 0 Å². The van der Waals surface area contributed by atoms with Crippen molar-refractivity contribution in [1.82, 2.24) is 34.6 Å². The first kappa shape index (κ1) is 19.1. The third-order valence-electron chi connectivity index (χ3n) is 3.65. The molecule has 3 aromatic rings. The second-order valence-corrected chi connectivity index (χ2v) is 7.42. The quantitative estimate of drug-likeness (QED) is 0.530. The van der Waals surface area contributed by atoms with Gasteiger partial charge in [-0.05, 0) is 45.7 Å². The lowest BCUT2D eigenvalue weighted by Gasteiger charge is -2.19. The molecule has 1 N–H and O–H groups in total. The van der Waals surface area contributed by atoms with Gasteiger partial charge >= 0.3 is 6.09 Å². The van der Waals surface area contributed by atoms with E-state index in [2.05, 4.69) is 25.4 Å². The van der Waals surface area contributed by atoms with Crippen molar-refractivity contribution in [2.75, 3.05) is 6.54 Å². The van der Waals surface area contributed by atoms with Crippen molar-refractivity contribution in [3.63, 3.8) is 0 Å². The van der Waals surface area contributed by atoms with E-state index in [0.29, 0.717) is 24.3 Å². The molecule has 3 aromatic heterocycles. The van der Waals surface area contributed by atoms with Gasteiger partial charge in [0.15, 0.2) is 5.65 Å². The standard InChI is InChI=1S/C17H22ClN7O2/c1-11-22-13-9-20-15(18)23-14(13)25(11)12-8-21-24(10-12)7-5-6-19-16(26)27-17(2,3)4/h8-10H,5-7H2,1-4H3,(H,19,26). The Morgan fingerprint density at radius 3 is 2.81 bits per heavy atom. The van der Waals surface area contributed by atoms with Crippen LogP contribution in [0.1, 0.15) is 33.0 Å². The Hall–Kier alpha value is -2.68. The molecule has 0 unspecified atom stereocenters. The van der Waals surface area contributed by atoms with Crippen LogP contribution in [0.5, 0.6) is 0 Å². The van der Waals surface area contributed by atoms with E-state index in [1.54, 1.807) is 17.1 Å². The van der Waals surface area contributed by atoms with E-state index in [0.717, 1.165) is 17.9 Å². The molecule has 27 heavy (non-hydrogen) atoms. The second-order valence-electron chi connectivity index (χ2n) is 7.09. The number of carbonyl (C=O) groups is 1. The molecule has 0 fully saturated rings. The molecule has 1 amide bonds. The van der Waals surface area contributed by atoms with Crippen molar-refractivity contribution in [3.8, 4) is 5.69 Å². The van der Waals surface area contributed by atoms with Gasteiger partial charge in [0.05, 0.1) is 18.1 Å². The molecule has 0 bridgehead atoms. The van der Waals surface area contributed by atoms with E-state index in [9.17, 15) is 4.79 Å². The molecule has 144 valence electrons. The summed E-state index contributed by atoms with van der Waals surface area (Å²) >= 11 is 5.91. The van der Waals surface area contributed by atoms with Gasteiger partial charge in [0.25, 0.3) is 0 Å². The van der Waals surface area contributed by atoms with Gasteiger partial charge in [-0.2, -0.15) is 10.1 Å². The van der Waals surface area contributed by atoms with Gasteiger partial charge in [-0.1, -0.05) is 0 Å². The van der Waals surface area contributed by atoms with Crippen LogP contribution < -0.4 is 5.32 Å². The molecular formula is C17H22ClN7O2. The Balaban J connectivity index is 1.62. The number of alkyl carbamates (subject to hydrolysis) is 1. The average molecular weight is 392 g/mol. The fourth-order valence-electron chi connectivity index (χ4n) is 2.61. The number of fused-ring (bicyclic) bond motifs is 1. The number of ether oxygens (including phenoxy) is 1. The SMILES string of the molecule is Cc1nc2cnc(Cl)nc2n1-c1cnn(CCCNC(=O)OC(C)(C)C)c1. The Morgan fingerprint density at radius 1 is 1.30 bits per heavy atom. The van der Waals surface area contributed by atoms with Crippen molar-refractivity contribution in [1.29, 1.82) is 0 Å². The molecule has 0 aliphatic carbocycles. The molecular weight excluding hydrogens is 370 g/mol. The van der Waals surface area contributed by atoms with Crippen LogP contribution in [-0.4, -0.2) is 47.5 Å². The monoisotopic (exact) mass is 391 g/mol. The number of hydrogen-bond donors (Lipinski definition) is 1. The Labute approximate surface area is 161 Å². The van der Waals surface area contributed by atoms with Gasteiger partial charge < -0.3 is 10.1 Å². The molecule has 0 atom stereocenters. The molecule has 0 saturated heterocycles. The van der Waals surface area contributed by atoms with Crippen molar-refractivity contribution < 1.29 is 9.53 Å². The fourth-order valence-corrected chi connectivity index (χ4v) is 2.74. The fraction of sp³-hybridized carbons (Fsp3) is 0.471. The van der Waals surface area contributed by atoms with E-state index in [1.807, 2.05) is 38.5 Å². The van der Waals surface area contributed by atoms with Gasteiger partial charge in [0.1, 0.15) is 16.9 Å². The first-order valence-corrected chi connectivity index (χ1v) is 8.98. The highest BCUT2D eigenvalue weighted by Gasteiger charge is 2.16. The highest BCUT2D eigenvalue weighted by Crippen LogP contribution is 2.19. The molecule has 0 aliphatic rings. The topological polar surface area (TPSA) is 99.8 Å². The molecule has 3 heterocycles. The summed E-state index contributed by atoms with van der Waals surface area (Å²) in [5.74, 6) is 0.771. The summed E-state index contributed by atoms with van der Waals surface area (Å²) in [5, 5.41) is 7.27. The van der Waals surface area contributed by atoms with E-state index >= 15 is 0 Å². The Morgan fingerprint density at radius 2 is 2.07 bits per heavy atom. The predicted octanol–water partition coefficient (Wildman–Crippen LogP) is 2.89. The van der Waals surface area contributed by atoms with Crippen molar-refractivity contribution in [3.05, 3.63) is 29.7 Å². The lowest BCUT2D eigenvalue weighted by atomic mass is 10.2. The molecule has 0 spiro atoms. The maximum Gasteiger partial charge on any atom is 0.407 e. The van der Waals surface area contributed by atoms with Crippen LogP contribution in [0.25, 0.3) is 16.9 Å². The number of nitrogens with one attached hydrogen (secondary N) is 1. The number of aryl methyl sites for hydroxylation is 2. The zero-order chi connectivity index (χ0) is 19.6. The van der Waals surface area contributed by atoms with E-state index in [1.165, 1.54) is 0 Å². The number of carbonyl (C=O) groups excluding carboxylic acids is 1. The number of aromatic nitrogens is 6. The molecule has 0 radical (unpaired) electrons. The van der Waals surface area contributed by atoms with Gasteiger partial charge in [-0.25, -0.2) is 14.8 Å².